The van der Waals surface area contributed by atoms with Gasteiger partial charge in [0.25, 0.3) is 0 Å². The zero-order chi connectivity index (χ0) is 15.0. The van der Waals surface area contributed by atoms with E-state index in [1.54, 1.807) is 0 Å². The van der Waals surface area contributed by atoms with Gasteiger partial charge >= 0.3 is 0 Å². The highest BCUT2D eigenvalue weighted by Gasteiger charge is 2.06. The molecule has 5 heteroatoms. The zero-order valence-electron chi connectivity index (χ0n) is 12.1. The van der Waals surface area contributed by atoms with Crippen LogP contribution in [0.15, 0.2) is 24.3 Å². The highest BCUT2D eigenvalue weighted by molar-refractivity contribution is 5.84. The van der Waals surface area contributed by atoms with Crippen molar-refractivity contribution in [3.63, 3.8) is 0 Å². The maximum absolute atomic E-state index is 11.6. The van der Waals surface area contributed by atoms with Crippen LogP contribution in [0.25, 0.3) is 0 Å². The summed E-state index contributed by atoms with van der Waals surface area (Å²) in [5.41, 5.74) is 7.35. The second-order valence-electron chi connectivity index (χ2n) is 5.22. The number of amides is 2. The van der Waals surface area contributed by atoms with Gasteiger partial charge in [-0.15, -0.1) is 0 Å². The molecule has 4 N–H and O–H groups in total. The van der Waals surface area contributed by atoms with Gasteiger partial charge in [0, 0.05) is 18.7 Å². The topological polar surface area (TPSA) is 84.2 Å². The number of nitrogen functional groups attached to an aromatic ring is 1. The molecule has 0 spiro atoms. The van der Waals surface area contributed by atoms with Crippen molar-refractivity contribution in [2.45, 2.75) is 26.7 Å². The lowest BCUT2D eigenvalue weighted by Gasteiger charge is -2.08. The minimum atomic E-state index is -0.153. The standard InChI is InChI=1S/C15H23N3O2/c1-11(2)9-17-15(20)10-18-14(19)8-5-12-3-6-13(16)7-4-12/h3-4,6-7,11H,5,8-10,16H2,1-2H3,(H,17,20)(H,18,19). The summed E-state index contributed by atoms with van der Waals surface area (Å²) in [4.78, 5) is 23.0. The van der Waals surface area contributed by atoms with Crippen LogP contribution in [0.1, 0.15) is 25.8 Å². The summed E-state index contributed by atoms with van der Waals surface area (Å²) < 4.78 is 0. The number of hydrogen-bond acceptors (Lipinski definition) is 3. The number of hydrogen-bond donors (Lipinski definition) is 3. The number of carbonyl (C=O) groups is 2. The Bertz CT molecular complexity index is 441. The third-order valence-electron chi connectivity index (χ3n) is 2.77. The monoisotopic (exact) mass is 277 g/mol. The fraction of sp³-hybridized carbons (Fsp3) is 0.467. The minimum absolute atomic E-state index is 0.0350. The molecule has 0 heterocycles. The largest absolute Gasteiger partial charge is 0.399 e. The van der Waals surface area contributed by atoms with E-state index in [9.17, 15) is 9.59 Å². The molecule has 5 nitrogen and oxygen atoms in total. The number of benzene rings is 1. The molecule has 20 heavy (non-hydrogen) atoms. The average molecular weight is 277 g/mol. The van der Waals surface area contributed by atoms with Gasteiger partial charge in [0.1, 0.15) is 0 Å². The Kier molecular flexibility index (Phi) is 6.56. The smallest absolute Gasteiger partial charge is 0.239 e. The van der Waals surface area contributed by atoms with Crippen molar-refractivity contribution in [3.8, 4) is 0 Å². The molecule has 0 atom stereocenters. The predicted molar refractivity (Wildman–Crippen MR) is 80.0 cm³/mol. The van der Waals surface area contributed by atoms with Crippen molar-refractivity contribution in [3.05, 3.63) is 29.8 Å². The first kappa shape index (κ1) is 16.0. The third kappa shape index (κ3) is 6.78. The van der Waals surface area contributed by atoms with Crippen LogP contribution >= 0.6 is 0 Å². The van der Waals surface area contributed by atoms with Crippen molar-refractivity contribution in [2.75, 3.05) is 18.8 Å². The highest BCUT2D eigenvalue weighted by atomic mass is 16.2. The van der Waals surface area contributed by atoms with Gasteiger partial charge in [-0.1, -0.05) is 26.0 Å². The van der Waals surface area contributed by atoms with E-state index in [1.807, 2.05) is 38.1 Å². The molecule has 0 saturated heterocycles. The van der Waals surface area contributed by atoms with Crippen LogP contribution in [0.4, 0.5) is 5.69 Å². The molecule has 0 unspecified atom stereocenters. The number of anilines is 1. The number of aryl methyl sites for hydroxylation is 1. The van der Waals surface area contributed by atoms with E-state index in [0.717, 1.165) is 5.56 Å². The lowest BCUT2D eigenvalue weighted by atomic mass is 10.1. The Morgan fingerprint density at radius 2 is 1.75 bits per heavy atom. The van der Waals surface area contributed by atoms with Crippen molar-refractivity contribution in [1.29, 1.82) is 0 Å². The van der Waals surface area contributed by atoms with E-state index < -0.39 is 0 Å². The first-order valence-corrected chi connectivity index (χ1v) is 6.85. The van der Waals surface area contributed by atoms with Gasteiger partial charge in [-0.3, -0.25) is 9.59 Å². The molecule has 0 aliphatic heterocycles. The van der Waals surface area contributed by atoms with E-state index in [2.05, 4.69) is 10.6 Å². The molecule has 2 amide bonds. The van der Waals surface area contributed by atoms with Gasteiger partial charge in [0.15, 0.2) is 0 Å². The maximum atomic E-state index is 11.6. The highest BCUT2D eigenvalue weighted by Crippen LogP contribution is 2.07. The van der Waals surface area contributed by atoms with E-state index in [0.29, 0.717) is 31.0 Å². The molecule has 0 bridgehead atoms. The molecule has 110 valence electrons. The van der Waals surface area contributed by atoms with Crippen LogP contribution in [0, 0.1) is 5.92 Å². The summed E-state index contributed by atoms with van der Waals surface area (Å²) in [7, 11) is 0. The Balaban J connectivity index is 2.20. The van der Waals surface area contributed by atoms with Crippen LogP contribution < -0.4 is 16.4 Å². The van der Waals surface area contributed by atoms with E-state index in [4.69, 9.17) is 5.73 Å². The third-order valence-corrected chi connectivity index (χ3v) is 2.77. The summed E-state index contributed by atoms with van der Waals surface area (Å²) in [5.74, 6) is 0.126. The van der Waals surface area contributed by atoms with Crippen LogP contribution in [-0.2, 0) is 16.0 Å². The van der Waals surface area contributed by atoms with E-state index >= 15 is 0 Å². The molecule has 0 fully saturated rings. The van der Waals surface area contributed by atoms with Gasteiger partial charge < -0.3 is 16.4 Å². The summed E-state index contributed by atoms with van der Waals surface area (Å²) in [6, 6.07) is 7.43. The molecule has 0 aromatic heterocycles. The Labute approximate surface area is 119 Å². The maximum Gasteiger partial charge on any atom is 0.239 e. The van der Waals surface area contributed by atoms with Gasteiger partial charge in [-0.05, 0) is 30.0 Å². The summed E-state index contributed by atoms with van der Waals surface area (Å²) >= 11 is 0. The first-order chi connectivity index (χ1) is 9.47. The van der Waals surface area contributed by atoms with Gasteiger partial charge in [-0.25, -0.2) is 0 Å². The van der Waals surface area contributed by atoms with Crippen molar-refractivity contribution < 1.29 is 9.59 Å². The molecule has 0 radical (unpaired) electrons. The molecular formula is C15H23N3O2. The van der Waals surface area contributed by atoms with Gasteiger partial charge in [0.05, 0.1) is 6.54 Å². The van der Waals surface area contributed by atoms with Crippen LogP contribution in [0.5, 0.6) is 0 Å². The number of nitrogens with one attached hydrogen (secondary N) is 2. The van der Waals surface area contributed by atoms with Crippen LogP contribution in [0.2, 0.25) is 0 Å². The molecule has 0 saturated carbocycles. The van der Waals surface area contributed by atoms with Crippen molar-refractivity contribution >= 4 is 17.5 Å². The quantitative estimate of drug-likeness (QED) is 0.652. The number of carbonyl (C=O) groups excluding carboxylic acids is 2. The van der Waals surface area contributed by atoms with Crippen LogP contribution in [-0.4, -0.2) is 24.9 Å². The first-order valence-electron chi connectivity index (χ1n) is 6.85. The molecule has 1 aromatic carbocycles. The van der Waals surface area contributed by atoms with Crippen LogP contribution in [0.3, 0.4) is 0 Å². The minimum Gasteiger partial charge on any atom is -0.399 e. The number of rotatable bonds is 7. The Hall–Kier alpha value is -2.04. The normalized spacial score (nSPS) is 10.3. The molecule has 0 aliphatic carbocycles. The fourth-order valence-electron chi connectivity index (χ4n) is 1.59. The lowest BCUT2D eigenvalue weighted by molar-refractivity contribution is -0.126. The van der Waals surface area contributed by atoms with Crippen molar-refractivity contribution in [1.82, 2.24) is 10.6 Å². The number of nitrogens with two attached hydrogens (primary N) is 1. The predicted octanol–water partition coefficient (Wildman–Crippen LogP) is 1.09. The molecule has 1 rings (SSSR count). The lowest BCUT2D eigenvalue weighted by Crippen LogP contribution is -2.38. The Morgan fingerprint density at radius 3 is 2.35 bits per heavy atom. The van der Waals surface area contributed by atoms with Gasteiger partial charge in [-0.2, -0.15) is 0 Å². The second kappa shape index (κ2) is 8.19. The fourth-order valence-corrected chi connectivity index (χ4v) is 1.59. The van der Waals surface area contributed by atoms with E-state index in [-0.39, 0.29) is 18.4 Å². The molecular weight excluding hydrogens is 254 g/mol. The van der Waals surface area contributed by atoms with E-state index in [1.165, 1.54) is 0 Å². The molecule has 0 aliphatic rings. The SMILES string of the molecule is CC(C)CNC(=O)CNC(=O)CCc1ccc(N)cc1. The summed E-state index contributed by atoms with van der Waals surface area (Å²) in [6.07, 6.45) is 1.00. The average Bonchev–Trinajstić information content (AvgIpc) is 2.42. The van der Waals surface area contributed by atoms with Gasteiger partial charge in [0.2, 0.25) is 11.8 Å². The summed E-state index contributed by atoms with van der Waals surface area (Å²) in [6.45, 7) is 4.70. The van der Waals surface area contributed by atoms with Crippen molar-refractivity contribution in [2.24, 2.45) is 5.92 Å². The second-order valence-corrected chi connectivity index (χ2v) is 5.22. The molecule has 1 aromatic rings. The zero-order valence-corrected chi connectivity index (χ0v) is 12.1. The summed E-state index contributed by atoms with van der Waals surface area (Å²) in [5, 5.41) is 5.36. The Morgan fingerprint density at radius 1 is 1.10 bits per heavy atom.